The fourth-order valence-corrected chi connectivity index (χ4v) is 6.16. The predicted octanol–water partition coefficient (Wildman–Crippen LogP) is 3.20. The molecule has 2 heterocycles. The molecule has 2 rings (SSSR count). The molecule has 0 radical (unpaired) electrons. The predicted molar refractivity (Wildman–Crippen MR) is 88.1 cm³/mol. The van der Waals surface area contributed by atoms with Crippen LogP contribution in [0.15, 0.2) is 16.3 Å². The lowest BCUT2D eigenvalue weighted by molar-refractivity contribution is 0.204. The minimum absolute atomic E-state index is 0.0955. The number of hydrogen-bond donors (Lipinski definition) is 1. The molecule has 4 nitrogen and oxygen atoms in total. The van der Waals surface area contributed by atoms with E-state index in [0.29, 0.717) is 10.3 Å². The van der Waals surface area contributed by atoms with Crippen LogP contribution in [0, 0.1) is 0 Å². The number of thiophene rings is 1. The van der Waals surface area contributed by atoms with Gasteiger partial charge in [-0.2, -0.15) is 4.31 Å². The number of rotatable bonds is 5. The van der Waals surface area contributed by atoms with Gasteiger partial charge in [0.2, 0.25) is 0 Å². The topological polar surface area (TPSA) is 49.4 Å². The van der Waals surface area contributed by atoms with E-state index >= 15 is 0 Å². The Hall–Kier alpha value is -0.430. The first-order valence-corrected chi connectivity index (χ1v) is 9.93. The summed E-state index contributed by atoms with van der Waals surface area (Å²) in [5.41, 5.74) is 0. The summed E-state index contributed by atoms with van der Waals surface area (Å²) >= 11 is 1.39. The molecule has 0 amide bonds. The molecular formula is C15H26N2O2S2. The molecule has 1 aromatic heterocycles. The standard InChI is InChI=1S/C15H26N2O2S2/c1-11(2)16-10-14-8-9-15(20-14)21(18,19)17-12(3)6-5-7-13(17)4/h8-9,11-13,16H,5-7,10H2,1-4H3. The largest absolute Gasteiger partial charge is 0.310 e. The van der Waals surface area contributed by atoms with E-state index in [9.17, 15) is 8.42 Å². The summed E-state index contributed by atoms with van der Waals surface area (Å²) in [5, 5.41) is 3.33. The van der Waals surface area contributed by atoms with Crippen molar-refractivity contribution in [2.75, 3.05) is 0 Å². The highest BCUT2D eigenvalue weighted by Crippen LogP contribution is 2.32. The molecule has 0 aromatic carbocycles. The van der Waals surface area contributed by atoms with Gasteiger partial charge in [-0.15, -0.1) is 11.3 Å². The molecule has 1 N–H and O–H groups in total. The van der Waals surface area contributed by atoms with Gasteiger partial charge in [-0.05, 0) is 38.8 Å². The van der Waals surface area contributed by atoms with Crippen molar-refractivity contribution >= 4 is 21.4 Å². The summed E-state index contributed by atoms with van der Waals surface area (Å²) in [6.45, 7) is 8.93. The second-order valence-electron chi connectivity index (χ2n) is 6.22. The molecule has 0 bridgehead atoms. The van der Waals surface area contributed by atoms with E-state index in [1.165, 1.54) is 11.3 Å². The van der Waals surface area contributed by atoms with E-state index in [1.54, 1.807) is 10.4 Å². The highest BCUT2D eigenvalue weighted by molar-refractivity contribution is 7.91. The first-order chi connectivity index (χ1) is 9.82. The number of nitrogens with one attached hydrogen (secondary N) is 1. The molecule has 1 aromatic rings. The molecule has 6 heteroatoms. The maximum Gasteiger partial charge on any atom is 0.253 e. The zero-order chi connectivity index (χ0) is 15.6. The van der Waals surface area contributed by atoms with Crippen LogP contribution < -0.4 is 5.32 Å². The lowest BCUT2D eigenvalue weighted by atomic mass is 10.0. The van der Waals surface area contributed by atoms with Crippen molar-refractivity contribution in [1.82, 2.24) is 9.62 Å². The summed E-state index contributed by atoms with van der Waals surface area (Å²) in [4.78, 5) is 1.07. The van der Waals surface area contributed by atoms with E-state index in [4.69, 9.17) is 0 Å². The Morgan fingerprint density at radius 2 is 1.90 bits per heavy atom. The monoisotopic (exact) mass is 330 g/mol. The van der Waals surface area contributed by atoms with E-state index in [2.05, 4.69) is 19.2 Å². The van der Waals surface area contributed by atoms with Crippen LogP contribution in [0.2, 0.25) is 0 Å². The van der Waals surface area contributed by atoms with Gasteiger partial charge < -0.3 is 5.32 Å². The van der Waals surface area contributed by atoms with Crippen LogP contribution in [-0.2, 0) is 16.6 Å². The third-order valence-corrected chi connectivity index (χ3v) is 7.65. The van der Waals surface area contributed by atoms with Crippen molar-refractivity contribution in [1.29, 1.82) is 0 Å². The minimum atomic E-state index is -3.35. The van der Waals surface area contributed by atoms with Crippen molar-refractivity contribution in [3.05, 3.63) is 17.0 Å². The molecule has 120 valence electrons. The van der Waals surface area contributed by atoms with Gasteiger partial charge in [-0.3, -0.25) is 0 Å². The van der Waals surface area contributed by atoms with Gasteiger partial charge in [0.1, 0.15) is 4.21 Å². The molecule has 2 unspecified atom stereocenters. The van der Waals surface area contributed by atoms with Gasteiger partial charge in [0.15, 0.2) is 0 Å². The van der Waals surface area contributed by atoms with Crippen molar-refractivity contribution in [3.8, 4) is 0 Å². The molecule has 21 heavy (non-hydrogen) atoms. The summed E-state index contributed by atoms with van der Waals surface area (Å²) in [6.07, 6.45) is 3.02. The second-order valence-corrected chi connectivity index (χ2v) is 9.46. The van der Waals surface area contributed by atoms with E-state index in [0.717, 1.165) is 30.7 Å². The summed E-state index contributed by atoms with van der Waals surface area (Å²) < 4.78 is 27.9. The summed E-state index contributed by atoms with van der Waals surface area (Å²) in [5.74, 6) is 0. The molecule has 1 saturated heterocycles. The SMILES string of the molecule is CC(C)NCc1ccc(S(=O)(=O)N2C(C)CCCC2C)s1. The van der Waals surface area contributed by atoms with E-state index < -0.39 is 10.0 Å². The number of nitrogens with zero attached hydrogens (tertiary/aromatic N) is 1. The first kappa shape index (κ1) is 16.9. The highest BCUT2D eigenvalue weighted by atomic mass is 32.2. The molecule has 0 saturated carbocycles. The quantitative estimate of drug-likeness (QED) is 0.902. The van der Waals surface area contributed by atoms with Crippen LogP contribution in [-0.4, -0.2) is 30.8 Å². The molecule has 1 fully saturated rings. The zero-order valence-corrected chi connectivity index (χ0v) is 14.9. The van der Waals surface area contributed by atoms with Crippen molar-refractivity contribution in [2.45, 2.75) is 75.8 Å². The van der Waals surface area contributed by atoms with Crippen LogP contribution in [0.1, 0.15) is 51.8 Å². The van der Waals surface area contributed by atoms with Crippen LogP contribution in [0.5, 0.6) is 0 Å². The van der Waals surface area contributed by atoms with Crippen LogP contribution in [0.3, 0.4) is 0 Å². The summed E-state index contributed by atoms with van der Waals surface area (Å²) in [7, 11) is -3.35. The maximum absolute atomic E-state index is 12.9. The fraction of sp³-hybridized carbons (Fsp3) is 0.733. The number of piperidine rings is 1. The Morgan fingerprint density at radius 3 is 2.48 bits per heavy atom. The van der Waals surface area contributed by atoms with Gasteiger partial charge in [0.05, 0.1) is 0 Å². The van der Waals surface area contributed by atoms with Gasteiger partial charge in [0.25, 0.3) is 10.0 Å². The Bertz CT molecular complexity index is 556. The summed E-state index contributed by atoms with van der Waals surface area (Å²) in [6, 6.07) is 4.27. The van der Waals surface area contributed by atoms with Crippen LogP contribution in [0.4, 0.5) is 0 Å². The van der Waals surface area contributed by atoms with Gasteiger partial charge >= 0.3 is 0 Å². The van der Waals surface area contributed by atoms with Gasteiger partial charge in [-0.1, -0.05) is 20.3 Å². The van der Waals surface area contributed by atoms with Crippen LogP contribution >= 0.6 is 11.3 Å². The van der Waals surface area contributed by atoms with Gasteiger partial charge in [0, 0.05) is 29.5 Å². The van der Waals surface area contributed by atoms with Crippen molar-refractivity contribution in [3.63, 3.8) is 0 Å². The average Bonchev–Trinajstić information content (AvgIpc) is 2.85. The zero-order valence-electron chi connectivity index (χ0n) is 13.3. The lowest BCUT2D eigenvalue weighted by Gasteiger charge is -2.37. The van der Waals surface area contributed by atoms with E-state index in [1.807, 2.05) is 19.9 Å². The normalized spacial score (nSPS) is 24.6. The molecule has 1 aliphatic rings. The molecule has 0 aliphatic carbocycles. The highest BCUT2D eigenvalue weighted by Gasteiger charge is 2.36. The first-order valence-electron chi connectivity index (χ1n) is 7.68. The molecule has 0 spiro atoms. The lowest BCUT2D eigenvalue weighted by Crippen LogP contribution is -2.47. The number of sulfonamides is 1. The Morgan fingerprint density at radius 1 is 1.29 bits per heavy atom. The molecule has 2 atom stereocenters. The third-order valence-electron chi connectivity index (χ3n) is 3.97. The van der Waals surface area contributed by atoms with Crippen LogP contribution in [0.25, 0.3) is 0 Å². The van der Waals surface area contributed by atoms with E-state index in [-0.39, 0.29) is 12.1 Å². The van der Waals surface area contributed by atoms with Crippen molar-refractivity contribution in [2.24, 2.45) is 0 Å². The Balaban J connectivity index is 2.19. The second kappa shape index (κ2) is 6.77. The molecule has 1 aliphatic heterocycles. The fourth-order valence-electron chi connectivity index (χ4n) is 2.87. The molecular weight excluding hydrogens is 304 g/mol. The average molecular weight is 331 g/mol. The Kier molecular flexibility index (Phi) is 5.46. The van der Waals surface area contributed by atoms with Gasteiger partial charge in [-0.25, -0.2) is 8.42 Å². The smallest absolute Gasteiger partial charge is 0.253 e. The maximum atomic E-state index is 12.9. The van der Waals surface area contributed by atoms with Crippen molar-refractivity contribution < 1.29 is 8.42 Å². The third kappa shape index (κ3) is 3.86. The minimum Gasteiger partial charge on any atom is -0.310 e. The number of hydrogen-bond acceptors (Lipinski definition) is 4. The Labute approximate surface area is 132 Å².